The minimum Gasteiger partial charge on any atom is -0.461 e. The maximum Gasteiger partial charge on any atom is 0.358 e. The van der Waals surface area contributed by atoms with Crippen LogP contribution in [0.25, 0.3) is 5.69 Å². The Balaban J connectivity index is 1.84. The first-order valence-corrected chi connectivity index (χ1v) is 14.6. The molecule has 0 spiro atoms. The van der Waals surface area contributed by atoms with E-state index in [9.17, 15) is 4.79 Å². The molecule has 0 N–H and O–H groups in total. The highest BCUT2D eigenvalue weighted by Crippen LogP contribution is 2.27. The van der Waals surface area contributed by atoms with Gasteiger partial charge in [0, 0.05) is 17.3 Å². The van der Waals surface area contributed by atoms with Gasteiger partial charge in [-0.1, -0.05) is 45.5 Å². The van der Waals surface area contributed by atoms with Gasteiger partial charge in [-0.25, -0.2) is 9.78 Å². The molecule has 0 saturated heterocycles. The molecule has 2 aromatic heterocycles. The van der Waals surface area contributed by atoms with Crippen molar-refractivity contribution in [2.45, 2.75) is 40.0 Å². The third kappa shape index (κ3) is 5.12. The molecule has 0 bridgehead atoms. The molecular weight excluding hydrogens is 428 g/mol. The summed E-state index contributed by atoms with van der Waals surface area (Å²) < 4.78 is 7.37. The second kappa shape index (κ2) is 9.16. The van der Waals surface area contributed by atoms with Crippen LogP contribution in [0.4, 0.5) is 0 Å². The molecule has 0 saturated carbocycles. The number of aromatic nitrogens is 3. The van der Waals surface area contributed by atoms with Crippen LogP contribution in [0, 0.1) is 17.4 Å². The highest BCUT2D eigenvalue weighted by atomic mass is 28.3. The van der Waals surface area contributed by atoms with Crippen LogP contribution >= 0.6 is 0 Å². The van der Waals surface area contributed by atoms with E-state index in [0.717, 1.165) is 28.2 Å². The van der Waals surface area contributed by atoms with Crippen molar-refractivity contribution >= 4 is 19.8 Å². The lowest BCUT2D eigenvalue weighted by Crippen LogP contribution is -2.16. The fraction of sp³-hybridized carbons (Fsp3) is 0.308. The lowest BCUT2D eigenvalue weighted by atomic mass is 10.0. The second-order valence-electron chi connectivity index (χ2n) is 9.51. The summed E-state index contributed by atoms with van der Waals surface area (Å²) in [6, 6.07) is 11.9. The van der Waals surface area contributed by atoms with Gasteiger partial charge in [-0.15, -0.1) is 5.54 Å². The Bertz CT molecular complexity index is 1280. The van der Waals surface area contributed by atoms with Crippen molar-refractivity contribution in [3.63, 3.8) is 0 Å². The van der Waals surface area contributed by atoms with Gasteiger partial charge in [0.15, 0.2) is 5.69 Å². The van der Waals surface area contributed by atoms with Crippen molar-refractivity contribution in [3.05, 3.63) is 77.1 Å². The van der Waals surface area contributed by atoms with Crippen molar-refractivity contribution in [1.29, 1.82) is 0 Å². The molecule has 0 aliphatic carbocycles. The largest absolute Gasteiger partial charge is 0.461 e. The van der Waals surface area contributed by atoms with Gasteiger partial charge in [0.25, 0.3) is 0 Å². The molecule has 0 atom stereocenters. The molecule has 1 aliphatic rings. The first kappa shape index (κ1) is 22.7. The fourth-order valence-electron chi connectivity index (χ4n) is 3.45. The standard InChI is InChI=1S/C26H28N4O2Si/c1-18(2)16-32-26(31)25-23-15-28-24(21-8-6-7-12-27-21)20-14-19(11-13-33(3,4)5)9-10-22(20)30(23)17-29-25/h6-10,12,14,17-18H,15-16H2,1-5H3. The van der Waals surface area contributed by atoms with Gasteiger partial charge in [-0.05, 0) is 36.2 Å². The molecule has 4 rings (SSSR count). The van der Waals surface area contributed by atoms with Crippen molar-refractivity contribution in [2.75, 3.05) is 6.61 Å². The average molecular weight is 457 g/mol. The number of carbonyl (C=O) groups excluding carboxylic acids is 1. The lowest BCUT2D eigenvalue weighted by molar-refractivity contribution is 0.0451. The molecule has 0 amide bonds. The first-order valence-electron chi connectivity index (χ1n) is 11.1. The molecule has 0 fully saturated rings. The summed E-state index contributed by atoms with van der Waals surface area (Å²) in [6.45, 7) is 11.3. The maximum atomic E-state index is 12.7. The van der Waals surface area contributed by atoms with E-state index in [4.69, 9.17) is 9.73 Å². The molecule has 6 nitrogen and oxygen atoms in total. The Labute approximate surface area is 195 Å². The van der Waals surface area contributed by atoms with E-state index in [1.165, 1.54) is 0 Å². The van der Waals surface area contributed by atoms with Gasteiger partial charge in [0.1, 0.15) is 14.4 Å². The first-order chi connectivity index (χ1) is 15.7. The van der Waals surface area contributed by atoms with Crippen LogP contribution in [0.1, 0.15) is 46.9 Å². The number of rotatable bonds is 4. The number of benzene rings is 1. The van der Waals surface area contributed by atoms with Crippen LogP contribution in [-0.4, -0.2) is 40.9 Å². The Kier molecular flexibility index (Phi) is 6.30. The van der Waals surface area contributed by atoms with Gasteiger partial charge >= 0.3 is 5.97 Å². The van der Waals surface area contributed by atoms with Gasteiger partial charge in [0.05, 0.1) is 35.9 Å². The van der Waals surface area contributed by atoms with Crippen LogP contribution in [-0.2, 0) is 11.3 Å². The smallest absolute Gasteiger partial charge is 0.358 e. The Morgan fingerprint density at radius 2 is 2.00 bits per heavy atom. The van der Waals surface area contributed by atoms with E-state index >= 15 is 0 Å². The predicted molar refractivity (Wildman–Crippen MR) is 132 cm³/mol. The Morgan fingerprint density at radius 1 is 1.18 bits per heavy atom. The molecule has 1 aliphatic heterocycles. The molecular formula is C26H28N4O2Si. The van der Waals surface area contributed by atoms with Gasteiger partial charge in [-0.3, -0.25) is 14.5 Å². The number of hydrogen-bond donors (Lipinski definition) is 0. The average Bonchev–Trinajstić information content (AvgIpc) is 3.13. The van der Waals surface area contributed by atoms with Crippen LogP contribution in [0.3, 0.4) is 0 Å². The molecule has 0 unspecified atom stereocenters. The number of pyridine rings is 1. The summed E-state index contributed by atoms with van der Waals surface area (Å²) in [5.41, 5.74) is 8.71. The number of imidazole rings is 1. The molecule has 3 heterocycles. The van der Waals surface area contributed by atoms with E-state index in [-0.39, 0.29) is 5.92 Å². The van der Waals surface area contributed by atoms with E-state index in [2.05, 4.69) is 47.1 Å². The Hall–Kier alpha value is -3.50. The third-order valence-corrected chi connectivity index (χ3v) is 5.87. The zero-order chi connectivity index (χ0) is 23.6. The summed E-state index contributed by atoms with van der Waals surface area (Å²) in [4.78, 5) is 26.5. The fourth-order valence-corrected chi connectivity index (χ4v) is 3.97. The van der Waals surface area contributed by atoms with Gasteiger partial charge in [0.2, 0.25) is 0 Å². The van der Waals surface area contributed by atoms with E-state index in [0.29, 0.717) is 24.5 Å². The number of hydrogen-bond acceptors (Lipinski definition) is 5. The number of carbonyl (C=O) groups is 1. The van der Waals surface area contributed by atoms with Crippen molar-refractivity contribution in [3.8, 4) is 17.2 Å². The summed E-state index contributed by atoms with van der Waals surface area (Å²) in [6.07, 6.45) is 3.43. The van der Waals surface area contributed by atoms with Crippen LogP contribution < -0.4 is 0 Å². The molecule has 168 valence electrons. The van der Waals surface area contributed by atoms with E-state index in [1.807, 2.05) is 48.7 Å². The number of nitrogens with zero attached hydrogens (tertiary/aromatic N) is 4. The van der Waals surface area contributed by atoms with E-state index in [1.54, 1.807) is 12.5 Å². The molecule has 3 aromatic rings. The topological polar surface area (TPSA) is 69.4 Å². The molecule has 1 aromatic carbocycles. The van der Waals surface area contributed by atoms with Crippen LogP contribution in [0.5, 0.6) is 0 Å². The minimum absolute atomic E-state index is 0.250. The normalized spacial score (nSPS) is 12.7. The highest BCUT2D eigenvalue weighted by molar-refractivity contribution is 6.83. The van der Waals surface area contributed by atoms with Gasteiger partial charge in [-0.2, -0.15) is 0 Å². The maximum absolute atomic E-state index is 12.7. The minimum atomic E-state index is -1.52. The van der Waals surface area contributed by atoms with Crippen LogP contribution in [0.2, 0.25) is 19.6 Å². The molecule has 7 heteroatoms. The van der Waals surface area contributed by atoms with Crippen molar-refractivity contribution in [2.24, 2.45) is 10.9 Å². The zero-order valence-corrected chi connectivity index (χ0v) is 20.7. The zero-order valence-electron chi connectivity index (χ0n) is 19.7. The van der Waals surface area contributed by atoms with Crippen LogP contribution in [0.15, 0.2) is 53.9 Å². The number of aliphatic imine (C=N–C) groups is 1. The van der Waals surface area contributed by atoms with Gasteiger partial charge < -0.3 is 4.74 Å². The Morgan fingerprint density at radius 3 is 2.70 bits per heavy atom. The second-order valence-corrected chi connectivity index (χ2v) is 14.3. The quantitative estimate of drug-likeness (QED) is 0.325. The molecule has 0 radical (unpaired) electrons. The highest BCUT2D eigenvalue weighted by Gasteiger charge is 2.26. The summed E-state index contributed by atoms with van der Waals surface area (Å²) in [5.74, 6) is 3.17. The lowest BCUT2D eigenvalue weighted by Gasteiger charge is -2.12. The monoisotopic (exact) mass is 456 g/mol. The summed E-state index contributed by atoms with van der Waals surface area (Å²) >= 11 is 0. The number of esters is 1. The van der Waals surface area contributed by atoms with E-state index < -0.39 is 14.0 Å². The molecule has 33 heavy (non-hydrogen) atoms. The summed E-state index contributed by atoms with van der Waals surface area (Å²) in [5, 5.41) is 0. The summed E-state index contributed by atoms with van der Waals surface area (Å²) in [7, 11) is -1.52. The predicted octanol–water partition coefficient (Wildman–Crippen LogP) is 4.66. The SMILES string of the molecule is CC(C)COC(=O)c1ncn2c1CN=C(c1ccccn1)c1cc(C#C[Si](C)(C)C)ccc1-2. The van der Waals surface area contributed by atoms with Crippen molar-refractivity contribution in [1.82, 2.24) is 14.5 Å². The third-order valence-electron chi connectivity index (χ3n) is 5.00. The number of ether oxygens (including phenoxy) is 1. The van der Waals surface area contributed by atoms with Crippen molar-refractivity contribution < 1.29 is 9.53 Å². The number of fused-ring (bicyclic) bond motifs is 3.